The monoisotopic (exact) mass is 296 g/mol. The fourth-order valence-corrected chi connectivity index (χ4v) is 2.27. The minimum atomic E-state index is -0.321. The van der Waals surface area contributed by atoms with Gasteiger partial charge in [-0.2, -0.15) is 0 Å². The molecule has 90 valence electrons. The lowest BCUT2D eigenvalue weighted by molar-refractivity contribution is -0.121. The number of carbonyl (C=O) groups excluding carboxylic acids is 1. The van der Waals surface area contributed by atoms with Crippen molar-refractivity contribution in [2.24, 2.45) is 5.16 Å². The van der Waals surface area contributed by atoms with Crippen LogP contribution in [0.15, 0.2) is 27.8 Å². The molecule has 2 rings (SSSR count). The van der Waals surface area contributed by atoms with Crippen LogP contribution in [0.3, 0.4) is 0 Å². The summed E-state index contributed by atoms with van der Waals surface area (Å²) in [6.07, 6.45) is 0.876. The Morgan fingerprint density at radius 1 is 1.47 bits per heavy atom. The smallest absolute Gasteiger partial charge is 0.221 e. The Bertz CT molecular complexity index is 485. The lowest BCUT2D eigenvalue weighted by Crippen LogP contribution is -2.38. The Hall–Kier alpha value is -1.36. The Labute approximate surface area is 108 Å². The molecule has 0 radical (unpaired) electrons. The molecule has 17 heavy (non-hydrogen) atoms. The molecule has 1 aromatic carbocycles. The Balaban J connectivity index is 2.35. The Kier molecular flexibility index (Phi) is 3.47. The molecule has 1 unspecified atom stereocenters. The molecule has 1 fully saturated rings. The van der Waals surface area contributed by atoms with Gasteiger partial charge in [-0.3, -0.25) is 4.79 Å². The van der Waals surface area contributed by atoms with Gasteiger partial charge < -0.3 is 10.5 Å². The number of carbonyl (C=O) groups is 1. The van der Waals surface area contributed by atoms with Gasteiger partial charge in [-0.05, 0) is 24.1 Å². The van der Waals surface area contributed by atoms with Crippen molar-refractivity contribution in [3.63, 3.8) is 0 Å². The first-order valence-corrected chi connectivity index (χ1v) is 6.17. The van der Waals surface area contributed by atoms with Crippen molar-refractivity contribution in [3.05, 3.63) is 33.8 Å². The van der Waals surface area contributed by atoms with E-state index in [0.29, 0.717) is 18.6 Å². The van der Waals surface area contributed by atoms with Gasteiger partial charge in [0.2, 0.25) is 5.91 Å². The summed E-state index contributed by atoms with van der Waals surface area (Å²) in [6, 6.07) is 5.52. The molecule has 0 aromatic heterocycles. The SMILES string of the molecule is Cc1ccc(C2NC(=O)CC/C2=N\O)cc1Br. The van der Waals surface area contributed by atoms with Gasteiger partial charge in [0.15, 0.2) is 0 Å². The molecular weight excluding hydrogens is 284 g/mol. The van der Waals surface area contributed by atoms with Crippen LogP contribution in [-0.2, 0) is 4.79 Å². The molecule has 0 spiro atoms. The first-order chi connectivity index (χ1) is 8.11. The van der Waals surface area contributed by atoms with Gasteiger partial charge in [0.25, 0.3) is 0 Å². The number of benzene rings is 1. The maximum absolute atomic E-state index is 11.4. The van der Waals surface area contributed by atoms with Gasteiger partial charge >= 0.3 is 0 Å². The summed E-state index contributed by atoms with van der Waals surface area (Å²) in [4.78, 5) is 11.4. The highest BCUT2D eigenvalue weighted by atomic mass is 79.9. The number of nitrogens with one attached hydrogen (secondary N) is 1. The first-order valence-electron chi connectivity index (χ1n) is 5.38. The third kappa shape index (κ3) is 2.49. The number of halogens is 1. The zero-order valence-electron chi connectivity index (χ0n) is 9.40. The van der Waals surface area contributed by atoms with E-state index in [2.05, 4.69) is 26.4 Å². The summed E-state index contributed by atoms with van der Waals surface area (Å²) >= 11 is 3.45. The largest absolute Gasteiger partial charge is 0.411 e. The van der Waals surface area contributed by atoms with Crippen LogP contribution >= 0.6 is 15.9 Å². The Morgan fingerprint density at radius 3 is 2.88 bits per heavy atom. The van der Waals surface area contributed by atoms with E-state index in [1.807, 2.05) is 25.1 Å². The lowest BCUT2D eigenvalue weighted by atomic mass is 9.94. The molecule has 1 atom stereocenters. The number of hydrogen-bond acceptors (Lipinski definition) is 3. The Morgan fingerprint density at radius 2 is 2.24 bits per heavy atom. The second-order valence-corrected chi connectivity index (χ2v) is 4.95. The minimum Gasteiger partial charge on any atom is -0.411 e. The van der Waals surface area contributed by atoms with Crippen LogP contribution in [0.25, 0.3) is 0 Å². The quantitative estimate of drug-likeness (QED) is 0.618. The number of piperidine rings is 1. The maximum Gasteiger partial charge on any atom is 0.221 e. The maximum atomic E-state index is 11.4. The molecule has 0 aliphatic carbocycles. The summed E-state index contributed by atoms with van der Waals surface area (Å²) in [5, 5.41) is 15.1. The zero-order valence-corrected chi connectivity index (χ0v) is 11.0. The van der Waals surface area contributed by atoms with E-state index in [-0.39, 0.29) is 11.9 Å². The number of oxime groups is 1. The van der Waals surface area contributed by atoms with Gasteiger partial charge in [0, 0.05) is 17.3 Å². The van der Waals surface area contributed by atoms with Crippen LogP contribution in [0.2, 0.25) is 0 Å². The van der Waals surface area contributed by atoms with Crippen LogP contribution < -0.4 is 5.32 Å². The van der Waals surface area contributed by atoms with Crippen molar-refractivity contribution in [2.75, 3.05) is 0 Å². The van der Waals surface area contributed by atoms with Gasteiger partial charge in [0.05, 0.1) is 11.8 Å². The molecule has 0 saturated carbocycles. The first kappa shape index (κ1) is 12.1. The molecule has 1 aliphatic rings. The van der Waals surface area contributed by atoms with Crippen molar-refractivity contribution in [1.82, 2.24) is 5.32 Å². The van der Waals surface area contributed by atoms with Crippen LogP contribution in [0.1, 0.15) is 30.0 Å². The second kappa shape index (κ2) is 4.87. The van der Waals surface area contributed by atoms with Gasteiger partial charge in [0.1, 0.15) is 0 Å². The summed E-state index contributed by atoms with van der Waals surface area (Å²) in [6.45, 7) is 1.99. The minimum absolute atomic E-state index is 0.0147. The fourth-order valence-electron chi connectivity index (χ4n) is 1.87. The van der Waals surface area contributed by atoms with Crippen molar-refractivity contribution in [3.8, 4) is 0 Å². The predicted molar refractivity (Wildman–Crippen MR) is 68.2 cm³/mol. The van der Waals surface area contributed by atoms with E-state index in [1.165, 1.54) is 0 Å². The molecule has 1 saturated heterocycles. The number of amides is 1. The van der Waals surface area contributed by atoms with Crippen molar-refractivity contribution < 1.29 is 10.0 Å². The average Bonchev–Trinajstić information content (AvgIpc) is 2.32. The predicted octanol–water partition coefficient (Wildman–Crippen LogP) is 2.54. The molecule has 2 N–H and O–H groups in total. The van der Waals surface area contributed by atoms with E-state index in [0.717, 1.165) is 15.6 Å². The van der Waals surface area contributed by atoms with Crippen molar-refractivity contribution >= 4 is 27.5 Å². The van der Waals surface area contributed by atoms with Crippen LogP contribution in [0.4, 0.5) is 0 Å². The summed E-state index contributed by atoms with van der Waals surface area (Å²) in [7, 11) is 0. The van der Waals surface area contributed by atoms with E-state index in [1.54, 1.807) is 0 Å². The van der Waals surface area contributed by atoms with Gasteiger partial charge in [-0.15, -0.1) is 0 Å². The van der Waals surface area contributed by atoms with Crippen LogP contribution in [-0.4, -0.2) is 16.8 Å². The lowest BCUT2D eigenvalue weighted by Gasteiger charge is -2.25. The summed E-state index contributed by atoms with van der Waals surface area (Å²) in [5.74, 6) is -0.0147. The highest BCUT2D eigenvalue weighted by molar-refractivity contribution is 9.10. The topological polar surface area (TPSA) is 61.7 Å². The molecule has 4 nitrogen and oxygen atoms in total. The summed E-state index contributed by atoms with van der Waals surface area (Å²) < 4.78 is 0.979. The molecule has 1 aromatic rings. The molecule has 5 heteroatoms. The van der Waals surface area contributed by atoms with E-state index in [4.69, 9.17) is 5.21 Å². The molecule has 1 amide bonds. The average molecular weight is 297 g/mol. The fraction of sp³-hybridized carbons (Fsp3) is 0.333. The van der Waals surface area contributed by atoms with Crippen LogP contribution in [0.5, 0.6) is 0 Å². The third-order valence-corrected chi connectivity index (χ3v) is 3.76. The highest BCUT2D eigenvalue weighted by Crippen LogP contribution is 2.26. The number of hydrogen-bond donors (Lipinski definition) is 2. The van der Waals surface area contributed by atoms with Crippen molar-refractivity contribution in [2.45, 2.75) is 25.8 Å². The van der Waals surface area contributed by atoms with Gasteiger partial charge in [-0.1, -0.05) is 33.2 Å². The number of nitrogens with zero attached hydrogens (tertiary/aromatic N) is 1. The van der Waals surface area contributed by atoms with E-state index in [9.17, 15) is 4.79 Å². The van der Waals surface area contributed by atoms with E-state index < -0.39 is 0 Å². The molecule has 1 aliphatic heterocycles. The molecule has 1 heterocycles. The number of aryl methyl sites for hydroxylation is 1. The standard InChI is InChI=1S/C12H13BrN2O2/c1-7-2-3-8(6-9(7)13)12-10(15-17)4-5-11(16)14-12/h2-3,6,12,17H,4-5H2,1H3,(H,14,16)/b15-10+. The number of rotatable bonds is 1. The molecular formula is C12H13BrN2O2. The zero-order chi connectivity index (χ0) is 12.4. The second-order valence-electron chi connectivity index (χ2n) is 4.10. The van der Waals surface area contributed by atoms with Gasteiger partial charge in [-0.25, -0.2) is 0 Å². The highest BCUT2D eigenvalue weighted by Gasteiger charge is 2.26. The molecule has 0 bridgehead atoms. The van der Waals surface area contributed by atoms with Crippen LogP contribution in [0, 0.1) is 6.92 Å². The summed E-state index contributed by atoms with van der Waals surface area (Å²) in [5.41, 5.74) is 2.64. The van der Waals surface area contributed by atoms with Crippen molar-refractivity contribution in [1.29, 1.82) is 0 Å². The third-order valence-electron chi connectivity index (χ3n) is 2.90. The van der Waals surface area contributed by atoms with E-state index >= 15 is 0 Å². The normalized spacial score (nSPS) is 22.6.